The fourth-order valence-corrected chi connectivity index (χ4v) is 4.55. The standard InChI is InChI=1S/C23H26N4O3/c1-29-18-6-7-21-19(13-18)22(8-10-24-21)25-16-2-4-17(5-3-16)27-23(28)12-15-14-30-11-9-20(15)26-27/h6-8,10,12-13,16-17H,2-5,9,11,14H2,1H3,(H,24,25). The normalized spacial score (nSPS) is 21.2. The van der Waals surface area contributed by atoms with Gasteiger partial charge in [0.2, 0.25) is 0 Å². The summed E-state index contributed by atoms with van der Waals surface area (Å²) in [5.41, 5.74) is 3.97. The lowest BCUT2D eigenvalue weighted by atomic mass is 9.91. The first-order valence-electron chi connectivity index (χ1n) is 10.6. The van der Waals surface area contributed by atoms with E-state index in [4.69, 9.17) is 9.47 Å². The molecular weight excluding hydrogens is 380 g/mol. The van der Waals surface area contributed by atoms with Crippen molar-refractivity contribution >= 4 is 16.6 Å². The van der Waals surface area contributed by atoms with Gasteiger partial charge in [-0.3, -0.25) is 9.78 Å². The highest BCUT2D eigenvalue weighted by Crippen LogP contribution is 2.32. The molecule has 1 aliphatic carbocycles. The lowest BCUT2D eigenvalue weighted by Crippen LogP contribution is -2.35. The summed E-state index contributed by atoms with van der Waals surface area (Å²) in [5.74, 6) is 0.825. The minimum absolute atomic E-state index is 0.0112. The number of pyridine rings is 1. The van der Waals surface area contributed by atoms with Crippen LogP contribution in [0, 0.1) is 0 Å². The number of benzene rings is 1. The summed E-state index contributed by atoms with van der Waals surface area (Å²) in [5, 5.41) is 9.44. The number of nitrogens with one attached hydrogen (secondary N) is 1. The number of anilines is 1. The maximum atomic E-state index is 12.6. The van der Waals surface area contributed by atoms with Gasteiger partial charge >= 0.3 is 0 Å². The van der Waals surface area contributed by atoms with Crippen molar-refractivity contribution in [1.29, 1.82) is 0 Å². The van der Waals surface area contributed by atoms with E-state index in [2.05, 4.69) is 15.4 Å². The first-order valence-corrected chi connectivity index (χ1v) is 10.6. The van der Waals surface area contributed by atoms with Gasteiger partial charge in [-0.2, -0.15) is 5.10 Å². The molecular formula is C23H26N4O3. The Balaban J connectivity index is 1.30. The summed E-state index contributed by atoms with van der Waals surface area (Å²) >= 11 is 0. The summed E-state index contributed by atoms with van der Waals surface area (Å²) in [6.07, 6.45) is 6.48. The van der Waals surface area contributed by atoms with E-state index in [0.29, 0.717) is 19.3 Å². The molecule has 1 fully saturated rings. The van der Waals surface area contributed by atoms with Gasteiger partial charge in [0.15, 0.2) is 0 Å². The second kappa shape index (κ2) is 8.07. The highest BCUT2D eigenvalue weighted by atomic mass is 16.5. The lowest BCUT2D eigenvalue weighted by Gasteiger charge is -2.31. The molecule has 0 bridgehead atoms. The summed E-state index contributed by atoms with van der Waals surface area (Å²) in [6.45, 7) is 1.18. The molecule has 0 atom stereocenters. The Hall–Kier alpha value is -2.93. The minimum Gasteiger partial charge on any atom is -0.497 e. The number of methoxy groups -OCH3 is 1. The van der Waals surface area contributed by atoms with Crippen LogP contribution in [-0.2, 0) is 17.8 Å². The number of ether oxygens (including phenoxy) is 2. The van der Waals surface area contributed by atoms with Crippen LogP contribution in [0.5, 0.6) is 5.75 Å². The average molecular weight is 406 g/mol. The van der Waals surface area contributed by atoms with Crippen LogP contribution in [0.25, 0.3) is 10.9 Å². The fourth-order valence-electron chi connectivity index (χ4n) is 4.55. The zero-order valence-electron chi connectivity index (χ0n) is 17.1. The lowest BCUT2D eigenvalue weighted by molar-refractivity contribution is 0.107. The van der Waals surface area contributed by atoms with Gasteiger partial charge in [0.1, 0.15) is 5.75 Å². The van der Waals surface area contributed by atoms with E-state index < -0.39 is 0 Å². The van der Waals surface area contributed by atoms with Crippen molar-refractivity contribution in [2.45, 2.75) is 50.8 Å². The number of fused-ring (bicyclic) bond motifs is 2. The third kappa shape index (κ3) is 3.65. The van der Waals surface area contributed by atoms with Crippen LogP contribution < -0.4 is 15.6 Å². The van der Waals surface area contributed by atoms with Crippen molar-refractivity contribution in [3.05, 3.63) is 58.1 Å². The highest BCUT2D eigenvalue weighted by Gasteiger charge is 2.25. The van der Waals surface area contributed by atoms with Crippen molar-refractivity contribution in [2.24, 2.45) is 0 Å². The van der Waals surface area contributed by atoms with E-state index in [0.717, 1.165) is 65.7 Å². The number of aromatic nitrogens is 3. The van der Waals surface area contributed by atoms with Crippen LogP contribution in [0.3, 0.4) is 0 Å². The summed E-state index contributed by atoms with van der Waals surface area (Å²) in [4.78, 5) is 17.0. The molecule has 2 aromatic heterocycles. The summed E-state index contributed by atoms with van der Waals surface area (Å²) in [6, 6.07) is 10.2. The Kier molecular flexibility index (Phi) is 5.12. The molecule has 7 nitrogen and oxygen atoms in total. The fraction of sp³-hybridized carbons (Fsp3) is 0.435. The van der Waals surface area contributed by atoms with Gasteiger partial charge in [-0.25, -0.2) is 4.68 Å². The van der Waals surface area contributed by atoms with Gasteiger partial charge in [0.25, 0.3) is 5.56 Å². The molecule has 5 rings (SSSR count). The van der Waals surface area contributed by atoms with Crippen molar-refractivity contribution < 1.29 is 9.47 Å². The van der Waals surface area contributed by atoms with Gasteiger partial charge in [-0.05, 0) is 49.9 Å². The molecule has 7 heteroatoms. The first-order chi connectivity index (χ1) is 14.7. The quantitative estimate of drug-likeness (QED) is 0.715. The van der Waals surface area contributed by atoms with Crippen LogP contribution >= 0.6 is 0 Å². The average Bonchev–Trinajstić information content (AvgIpc) is 2.79. The maximum Gasteiger partial charge on any atom is 0.267 e. The predicted octanol–water partition coefficient (Wildman–Crippen LogP) is 3.47. The monoisotopic (exact) mass is 406 g/mol. The van der Waals surface area contributed by atoms with Crippen LogP contribution in [0.2, 0.25) is 0 Å². The van der Waals surface area contributed by atoms with Gasteiger partial charge in [-0.15, -0.1) is 0 Å². The molecule has 0 saturated heterocycles. The molecule has 1 N–H and O–H groups in total. The van der Waals surface area contributed by atoms with Gasteiger partial charge in [-0.1, -0.05) is 0 Å². The van der Waals surface area contributed by atoms with Gasteiger partial charge < -0.3 is 14.8 Å². The molecule has 2 aliphatic rings. The molecule has 1 aliphatic heterocycles. The van der Waals surface area contributed by atoms with E-state index >= 15 is 0 Å². The van der Waals surface area contributed by atoms with Crippen LogP contribution in [0.1, 0.15) is 43.0 Å². The number of hydrogen-bond donors (Lipinski definition) is 1. The molecule has 1 aromatic carbocycles. The van der Waals surface area contributed by atoms with E-state index in [9.17, 15) is 4.79 Å². The Bertz CT molecular complexity index is 1120. The number of rotatable bonds is 4. The van der Waals surface area contributed by atoms with Crippen LogP contribution in [0.15, 0.2) is 41.3 Å². The molecule has 156 valence electrons. The Morgan fingerprint density at radius 3 is 2.87 bits per heavy atom. The molecule has 3 heterocycles. The van der Waals surface area contributed by atoms with Crippen molar-refractivity contribution in [2.75, 3.05) is 19.0 Å². The molecule has 0 unspecified atom stereocenters. The molecule has 30 heavy (non-hydrogen) atoms. The molecule has 1 saturated carbocycles. The van der Waals surface area contributed by atoms with Crippen LogP contribution in [0.4, 0.5) is 5.69 Å². The summed E-state index contributed by atoms with van der Waals surface area (Å²) < 4.78 is 12.5. The Morgan fingerprint density at radius 1 is 1.17 bits per heavy atom. The zero-order valence-corrected chi connectivity index (χ0v) is 17.1. The number of nitrogens with zero attached hydrogens (tertiary/aromatic N) is 3. The van der Waals surface area contributed by atoms with Crippen molar-refractivity contribution in [1.82, 2.24) is 14.8 Å². The Morgan fingerprint density at radius 2 is 2.03 bits per heavy atom. The van der Waals surface area contributed by atoms with E-state index in [1.54, 1.807) is 17.9 Å². The van der Waals surface area contributed by atoms with E-state index in [-0.39, 0.29) is 11.6 Å². The third-order valence-corrected chi connectivity index (χ3v) is 6.21. The van der Waals surface area contributed by atoms with E-state index in [1.807, 2.05) is 30.5 Å². The summed E-state index contributed by atoms with van der Waals surface area (Å²) in [7, 11) is 1.68. The zero-order chi connectivity index (χ0) is 20.5. The van der Waals surface area contributed by atoms with Crippen molar-refractivity contribution in [3.8, 4) is 5.75 Å². The second-order valence-electron chi connectivity index (χ2n) is 8.09. The smallest absolute Gasteiger partial charge is 0.267 e. The van der Waals surface area contributed by atoms with Gasteiger partial charge in [0.05, 0.1) is 37.6 Å². The highest BCUT2D eigenvalue weighted by molar-refractivity contribution is 5.92. The minimum atomic E-state index is -0.0112. The third-order valence-electron chi connectivity index (χ3n) is 6.21. The SMILES string of the molecule is COc1ccc2nccc(NC3CCC(n4nc5c(cc4=O)COCC5)CC3)c2c1. The number of hydrogen-bond acceptors (Lipinski definition) is 6. The molecule has 0 spiro atoms. The molecule has 0 radical (unpaired) electrons. The van der Waals surface area contributed by atoms with E-state index in [1.165, 1.54) is 0 Å². The molecule has 0 amide bonds. The second-order valence-corrected chi connectivity index (χ2v) is 8.09. The largest absolute Gasteiger partial charge is 0.497 e. The Labute approximate surface area is 175 Å². The first kappa shape index (κ1) is 19.1. The van der Waals surface area contributed by atoms with Crippen LogP contribution in [-0.4, -0.2) is 34.5 Å². The topological polar surface area (TPSA) is 78.3 Å². The predicted molar refractivity (Wildman–Crippen MR) is 115 cm³/mol. The molecule has 3 aromatic rings. The van der Waals surface area contributed by atoms with Crippen molar-refractivity contribution in [3.63, 3.8) is 0 Å². The van der Waals surface area contributed by atoms with Gasteiger partial charge in [0, 0.05) is 41.4 Å². The maximum absolute atomic E-state index is 12.6.